The number of aliphatic carboxylic acids is 1. The third-order valence-corrected chi connectivity index (χ3v) is 7.98. The Bertz CT molecular complexity index is 547. The van der Waals surface area contributed by atoms with Crippen LogP contribution >= 0.6 is 11.8 Å². The van der Waals surface area contributed by atoms with Crippen LogP contribution in [0.5, 0.6) is 0 Å². The number of thioether (sulfide) groups is 1. The Kier molecular flexibility index (Phi) is 9.99. The molecule has 1 rings (SSSR count). The normalized spacial score (nSPS) is 22.7. The van der Waals surface area contributed by atoms with E-state index in [2.05, 4.69) is 0 Å². The first-order valence-corrected chi connectivity index (χ1v) is 11.5. The fraction of sp³-hybridized carbons (Fsp3) is 0.905. The Balaban J connectivity index is 2.49. The van der Waals surface area contributed by atoms with Gasteiger partial charge in [-0.3, -0.25) is 9.59 Å². The smallest absolute Gasteiger partial charge is 0.389 e. The number of aliphatic hydroxyl groups is 1. The van der Waals surface area contributed by atoms with Crippen molar-refractivity contribution in [3.05, 3.63) is 0 Å². The molecule has 8 heteroatoms. The summed E-state index contributed by atoms with van der Waals surface area (Å²) in [7, 11) is 0. The van der Waals surface area contributed by atoms with Gasteiger partial charge in [0.25, 0.3) is 0 Å². The number of carbonyl (C=O) groups is 2. The lowest BCUT2D eigenvalue weighted by Gasteiger charge is -2.41. The molecule has 170 valence electrons. The Morgan fingerprint density at radius 3 is 2.31 bits per heavy atom. The van der Waals surface area contributed by atoms with Gasteiger partial charge < -0.3 is 10.2 Å². The molecular weight excluding hydrogens is 405 g/mol. The quantitative estimate of drug-likeness (QED) is 0.364. The number of carboxylic acids is 1. The van der Waals surface area contributed by atoms with Crippen molar-refractivity contribution in [3.63, 3.8) is 0 Å². The highest BCUT2D eigenvalue weighted by Crippen LogP contribution is 2.43. The Labute approximate surface area is 176 Å². The van der Waals surface area contributed by atoms with Gasteiger partial charge in [0.05, 0.1) is 5.60 Å². The molecule has 0 aliphatic heterocycles. The van der Waals surface area contributed by atoms with Crippen molar-refractivity contribution in [2.45, 2.75) is 102 Å². The van der Waals surface area contributed by atoms with E-state index >= 15 is 0 Å². The van der Waals surface area contributed by atoms with Crippen LogP contribution in [0.15, 0.2) is 0 Å². The summed E-state index contributed by atoms with van der Waals surface area (Å²) >= 11 is 1.51. The summed E-state index contributed by atoms with van der Waals surface area (Å²) in [6.45, 7) is 4.91. The van der Waals surface area contributed by atoms with Gasteiger partial charge in [-0.1, -0.05) is 33.1 Å². The Morgan fingerprint density at radius 2 is 1.72 bits per heavy atom. The fourth-order valence-electron chi connectivity index (χ4n) is 3.61. The van der Waals surface area contributed by atoms with Crippen LogP contribution in [0.25, 0.3) is 0 Å². The lowest BCUT2D eigenvalue weighted by Crippen LogP contribution is -2.45. The van der Waals surface area contributed by atoms with Gasteiger partial charge in [-0.25, -0.2) is 0 Å². The van der Waals surface area contributed by atoms with E-state index in [1.807, 2.05) is 0 Å². The highest BCUT2D eigenvalue weighted by Gasteiger charge is 2.43. The molecule has 3 atom stereocenters. The second kappa shape index (κ2) is 11.0. The highest BCUT2D eigenvalue weighted by molar-refractivity contribution is 8.00. The number of Topliss-reactive ketones (excluding diaryl/α,β-unsaturated/α-hetero) is 1. The number of carboxylic acid groups (broad SMARTS) is 1. The van der Waals surface area contributed by atoms with E-state index in [4.69, 9.17) is 5.11 Å². The molecule has 3 unspecified atom stereocenters. The Hall–Kier alpha value is -0.760. The number of hydrogen-bond acceptors (Lipinski definition) is 4. The molecule has 1 fully saturated rings. The van der Waals surface area contributed by atoms with Crippen LogP contribution < -0.4 is 0 Å². The third kappa shape index (κ3) is 9.28. The standard InChI is InChI=1S/C21H35F3O4S/c1-19(2,12-13-21(22,23)24)20(3,28)14-29-17-11-10-16(25)15(17)8-6-4-5-7-9-18(26)27/h15,17,28H,4-14H2,1-3H3,(H,26,27). The minimum Gasteiger partial charge on any atom is -0.481 e. The van der Waals surface area contributed by atoms with Gasteiger partial charge in [0.1, 0.15) is 5.78 Å². The monoisotopic (exact) mass is 440 g/mol. The zero-order valence-electron chi connectivity index (χ0n) is 17.7. The second-order valence-electron chi connectivity index (χ2n) is 9.08. The first-order valence-electron chi connectivity index (χ1n) is 10.4. The minimum absolute atomic E-state index is 0.0754. The van der Waals surface area contributed by atoms with Crippen molar-refractivity contribution in [2.75, 3.05) is 5.75 Å². The molecule has 0 saturated heterocycles. The number of ketones is 1. The lowest BCUT2D eigenvalue weighted by molar-refractivity contribution is -0.148. The molecule has 0 aromatic carbocycles. The Morgan fingerprint density at radius 1 is 1.10 bits per heavy atom. The van der Waals surface area contributed by atoms with E-state index in [-0.39, 0.29) is 29.8 Å². The second-order valence-corrected chi connectivity index (χ2v) is 10.3. The number of unbranched alkanes of at least 4 members (excludes halogenated alkanes) is 3. The van der Waals surface area contributed by atoms with Crippen molar-refractivity contribution < 1.29 is 33.0 Å². The number of rotatable bonds is 13. The topological polar surface area (TPSA) is 74.6 Å². The van der Waals surface area contributed by atoms with Crippen molar-refractivity contribution in [3.8, 4) is 0 Å². The number of carbonyl (C=O) groups excluding carboxylic acids is 1. The van der Waals surface area contributed by atoms with Crippen LogP contribution in [0, 0.1) is 11.3 Å². The zero-order valence-corrected chi connectivity index (χ0v) is 18.5. The maximum absolute atomic E-state index is 12.6. The average Bonchev–Trinajstić information content (AvgIpc) is 2.93. The van der Waals surface area contributed by atoms with E-state index in [1.54, 1.807) is 20.8 Å². The van der Waals surface area contributed by atoms with E-state index in [9.17, 15) is 27.9 Å². The van der Waals surface area contributed by atoms with Crippen molar-refractivity contribution in [2.24, 2.45) is 11.3 Å². The van der Waals surface area contributed by atoms with E-state index < -0.39 is 29.6 Å². The average molecular weight is 441 g/mol. The molecule has 0 bridgehead atoms. The van der Waals surface area contributed by atoms with Crippen LogP contribution in [0.3, 0.4) is 0 Å². The van der Waals surface area contributed by atoms with Crippen LogP contribution in [-0.4, -0.2) is 44.7 Å². The van der Waals surface area contributed by atoms with Gasteiger partial charge in [-0.05, 0) is 38.0 Å². The zero-order chi connectivity index (χ0) is 22.3. The van der Waals surface area contributed by atoms with Gasteiger partial charge in [0.15, 0.2) is 0 Å². The van der Waals surface area contributed by atoms with Crippen molar-refractivity contribution in [1.82, 2.24) is 0 Å². The maximum Gasteiger partial charge on any atom is 0.389 e. The summed E-state index contributed by atoms with van der Waals surface area (Å²) in [6, 6.07) is 0. The highest BCUT2D eigenvalue weighted by atomic mass is 32.2. The molecular formula is C21H35F3O4S. The molecule has 29 heavy (non-hydrogen) atoms. The van der Waals surface area contributed by atoms with Gasteiger partial charge >= 0.3 is 12.1 Å². The summed E-state index contributed by atoms with van der Waals surface area (Å²) in [4.78, 5) is 22.8. The van der Waals surface area contributed by atoms with E-state index in [0.29, 0.717) is 18.6 Å². The van der Waals surface area contributed by atoms with Gasteiger partial charge in [0, 0.05) is 36.2 Å². The summed E-state index contributed by atoms with van der Waals surface area (Å²) in [5, 5.41) is 19.6. The fourth-order valence-corrected chi connectivity index (χ4v) is 5.34. The molecule has 0 aromatic heterocycles. The number of alkyl halides is 3. The molecule has 0 radical (unpaired) electrons. The molecule has 2 N–H and O–H groups in total. The molecule has 0 aromatic rings. The SMILES string of the molecule is CC(C)(CCC(F)(F)F)C(C)(O)CSC1CCC(=O)C1CCCCCCC(=O)O. The van der Waals surface area contributed by atoms with Gasteiger partial charge in [-0.15, -0.1) is 0 Å². The maximum atomic E-state index is 12.6. The molecule has 4 nitrogen and oxygen atoms in total. The lowest BCUT2D eigenvalue weighted by atomic mass is 9.74. The predicted molar refractivity (Wildman–Crippen MR) is 109 cm³/mol. The molecule has 0 spiro atoms. The van der Waals surface area contributed by atoms with E-state index in [1.165, 1.54) is 11.8 Å². The van der Waals surface area contributed by atoms with Crippen molar-refractivity contribution >= 4 is 23.5 Å². The first kappa shape index (κ1) is 26.3. The number of hydrogen-bond donors (Lipinski definition) is 2. The molecule has 0 amide bonds. The van der Waals surface area contributed by atoms with Gasteiger partial charge in [0.2, 0.25) is 0 Å². The van der Waals surface area contributed by atoms with Gasteiger partial charge in [-0.2, -0.15) is 24.9 Å². The first-order chi connectivity index (χ1) is 13.3. The predicted octanol–water partition coefficient (Wildman–Crippen LogP) is 5.61. The number of halogens is 3. The summed E-state index contributed by atoms with van der Waals surface area (Å²) < 4.78 is 37.7. The molecule has 1 aliphatic carbocycles. The minimum atomic E-state index is -4.24. The van der Waals surface area contributed by atoms with Crippen molar-refractivity contribution in [1.29, 1.82) is 0 Å². The van der Waals surface area contributed by atoms with E-state index in [0.717, 1.165) is 32.1 Å². The molecule has 0 heterocycles. The molecule has 1 saturated carbocycles. The van der Waals surface area contributed by atoms with Crippen LogP contribution in [0.1, 0.15) is 85.0 Å². The van der Waals surface area contributed by atoms with Crippen LogP contribution in [0.4, 0.5) is 13.2 Å². The summed E-state index contributed by atoms with van der Waals surface area (Å²) in [6.07, 6.45) is 0.0807. The van der Waals surface area contributed by atoms with Crippen LogP contribution in [-0.2, 0) is 9.59 Å². The largest absolute Gasteiger partial charge is 0.481 e. The summed E-state index contributed by atoms with van der Waals surface area (Å²) in [5.41, 5.74) is -2.16. The summed E-state index contributed by atoms with van der Waals surface area (Å²) in [5.74, 6) is -0.347. The molecule has 1 aliphatic rings. The van der Waals surface area contributed by atoms with Crippen LogP contribution in [0.2, 0.25) is 0 Å². The third-order valence-electron chi connectivity index (χ3n) is 6.26.